The summed E-state index contributed by atoms with van der Waals surface area (Å²) in [5.41, 5.74) is 2.31. The number of carbonyl (C=O) groups is 3. The summed E-state index contributed by atoms with van der Waals surface area (Å²) in [6.45, 7) is 2.81. The predicted octanol–water partition coefficient (Wildman–Crippen LogP) is 5.05. The quantitative estimate of drug-likeness (QED) is 0.437. The Morgan fingerprint density at radius 3 is 2.44 bits per heavy atom. The van der Waals surface area contributed by atoms with Gasteiger partial charge in [-0.05, 0) is 49.6 Å². The third-order valence-corrected chi connectivity index (χ3v) is 8.13. The van der Waals surface area contributed by atoms with Crippen molar-refractivity contribution in [3.63, 3.8) is 0 Å². The summed E-state index contributed by atoms with van der Waals surface area (Å²) < 4.78 is 5.78. The largest absolute Gasteiger partial charge is 0.451 e. The summed E-state index contributed by atoms with van der Waals surface area (Å²) in [5, 5.41) is 7.03. The number of benzene rings is 2. The molecule has 8 heteroatoms. The van der Waals surface area contributed by atoms with Crippen LogP contribution in [0.2, 0.25) is 0 Å². The normalized spacial score (nSPS) is 18.9. The van der Waals surface area contributed by atoms with Crippen LogP contribution in [0.1, 0.15) is 55.5 Å². The van der Waals surface area contributed by atoms with E-state index in [1.807, 2.05) is 42.5 Å². The van der Waals surface area contributed by atoms with Gasteiger partial charge in [0, 0.05) is 37.1 Å². The van der Waals surface area contributed by atoms with Crippen LogP contribution in [0.4, 0.5) is 17.1 Å². The van der Waals surface area contributed by atoms with E-state index in [1.165, 1.54) is 0 Å². The highest BCUT2D eigenvalue weighted by molar-refractivity contribution is 6.04. The molecule has 2 amide bonds. The first-order valence-electron chi connectivity index (χ1n) is 13.9. The number of carbonyl (C=O) groups excluding carboxylic acids is 3. The summed E-state index contributed by atoms with van der Waals surface area (Å²) >= 11 is 0. The van der Waals surface area contributed by atoms with Crippen LogP contribution in [0.5, 0.6) is 0 Å². The summed E-state index contributed by atoms with van der Waals surface area (Å²) in [5.74, 6) is -0.128. The minimum absolute atomic E-state index is 0.207. The standard InChI is InChI=1S/C31H34N4O4/c36-24-10-8-18-35(21-24)25-13-12-23(20-26(25)34-16-6-7-17-34)32-30(38)31(14-4-1-5-15-31)33-29(37)28-19-22-9-2-3-11-27(22)39-28/h2-3,6-7,9,11-13,19-20H,1,4-5,8,10,14-18,21H2,(H,32,38)(H,33,37). The van der Waals surface area contributed by atoms with Gasteiger partial charge in [-0.2, -0.15) is 0 Å². The number of nitrogens with zero attached hydrogens (tertiary/aromatic N) is 2. The second-order valence-corrected chi connectivity index (χ2v) is 10.8. The zero-order valence-electron chi connectivity index (χ0n) is 22.1. The Balaban J connectivity index is 1.25. The zero-order chi connectivity index (χ0) is 26.8. The SMILES string of the molecule is O=C1CCCN(c2ccc(NC(=O)C3(NC(=O)c4cc5ccccc5o4)CCCCC3)cc2N2CC=CC2)C1. The monoisotopic (exact) mass is 526 g/mol. The molecule has 1 aliphatic carbocycles. The van der Waals surface area contributed by atoms with Gasteiger partial charge in [-0.3, -0.25) is 14.4 Å². The number of Topliss-reactive ketones (excluding diaryl/α,β-unsaturated/α-hetero) is 1. The molecule has 3 aromatic rings. The molecule has 2 aromatic carbocycles. The molecule has 0 spiro atoms. The smallest absolute Gasteiger partial charge is 0.287 e. The number of hydrogen-bond acceptors (Lipinski definition) is 6. The van der Waals surface area contributed by atoms with E-state index in [1.54, 1.807) is 6.07 Å². The minimum atomic E-state index is -1.01. The van der Waals surface area contributed by atoms with E-state index >= 15 is 0 Å². The molecule has 0 atom stereocenters. The molecular weight excluding hydrogens is 492 g/mol. The maximum absolute atomic E-state index is 13.9. The van der Waals surface area contributed by atoms with Crippen molar-refractivity contribution in [3.05, 3.63) is 66.4 Å². The molecule has 0 radical (unpaired) electrons. The minimum Gasteiger partial charge on any atom is -0.451 e. The molecule has 3 heterocycles. The molecule has 0 bridgehead atoms. The number of amides is 2. The van der Waals surface area contributed by atoms with Crippen molar-refractivity contribution in [1.29, 1.82) is 0 Å². The van der Waals surface area contributed by atoms with Crippen molar-refractivity contribution in [2.45, 2.75) is 50.5 Å². The Kier molecular flexibility index (Phi) is 6.85. The van der Waals surface area contributed by atoms with E-state index in [-0.39, 0.29) is 23.4 Å². The third kappa shape index (κ3) is 5.15. The van der Waals surface area contributed by atoms with Crippen LogP contribution in [-0.2, 0) is 9.59 Å². The van der Waals surface area contributed by atoms with Gasteiger partial charge in [-0.25, -0.2) is 0 Å². The predicted molar refractivity (Wildman–Crippen MR) is 152 cm³/mol. The molecule has 2 N–H and O–H groups in total. The number of piperidine rings is 1. The Morgan fingerprint density at radius 1 is 0.872 bits per heavy atom. The van der Waals surface area contributed by atoms with Crippen LogP contribution in [0, 0.1) is 0 Å². The van der Waals surface area contributed by atoms with Gasteiger partial charge in [0.25, 0.3) is 5.91 Å². The fraction of sp³-hybridized carbons (Fsp3) is 0.387. The van der Waals surface area contributed by atoms with Crippen LogP contribution in [0.3, 0.4) is 0 Å². The van der Waals surface area contributed by atoms with Gasteiger partial charge in [0.1, 0.15) is 11.1 Å². The lowest BCUT2D eigenvalue weighted by Crippen LogP contribution is -2.57. The van der Waals surface area contributed by atoms with Crippen LogP contribution in [-0.4, -0.2) is 49.3 Å². The van der Waals surface area contributed by atoms with Crippen molar-refractivity contribution in [3.8, 4) is 0 Å². The molecular formula is C31H34N4O4. The Bertz CT molecular complexity index is 1390. The first-order chi connectivity index (χ1) is 19.0. The fourth-order valence-corrected chi connectivity index (χ4v) is 6.03. The molecule has 6 rings (SSSR count). The van der Waals surface area contributed by atoms with E-state index in [0.29, 0.717) is 37.1 Å². The lowest BCUT2D eigenvalue weighted by atomic mass is 9.80. The van der Waals surface area contributed by atoms with Crippen LogP contribution >= 0.6 is 0 Å². The summed E-state index contributed by atoms with van der Waals surface area (Å²) in [4.78, 5) is 43.7. The Morgan fingerprint density at radius 2 is 1.67 bits per heavy atom. The van der Waals surface area contributed by atoms with Crippen LogP contribution in [0.15, 0.2) is 65.1 Å². The molecule has 202 valence electrons. The molecule has 3 aliphatic rings. The maximum Gasteiger partial charge on any atom is 0.287 e. The van der Waals surface area contributed by atoms with E-state index in [9.17, 15) is 14.4 Å². The van der Waals surface area contributed by atoms with Gasteiger partial charge in [0.05, 0.1) is 17.9 Å². The van der Waals surface area contributed by atoms with Gasteiger partial charge in [-0.1, -0.05) is 49.6 Å². The average Bonchev–Trinajstić information content (AvgIpc) is 3.64. The van der Waals surface area contributed by atoms with Crippen molar-refractivity contribution >= 4 is 45.6 Å². The van der Waals surface area contributed by atoms with Gasteiger partial charge in [0.2, 0.25) is 5.91 Å². The Hall–Kier alpha value is -4.07. The van der Waals surface area contributed by atoms with E-state index < -0.39 is 5.54 Å². The summed E-state index contributed by atoms with van der Waals surface area (Å²) in [7, 11) is 0. The molecule has 1 aromatic heterocycles. The second-order valence-electron chi connectivity index (χ2n) is 10.8. The third-order valence-electron chi connectivity index (χ3n) is 8.13. The van der Waals surface area contributed by atoms with Gasteiger partial charge >= 0.3 is 0 Å². The van der Waals surface area contributed by atoms with Crippen molar-refractivity contribution in [1.82, 2.24) is 5.32 Å². The molecule has 0 unspecified atom stereocenters. The zero-order valence-corrected chi connectivity index (χ0v) is 22.1. The number of rotatable bonds is 6. The highest BCUT2D eigenvalue weighted by atomic mass is 16.3. The van der Waals surface area contributed by atoms with Gasteiger partial charge in [0.15, 0.2) is 11.5 Å². The van der Waals surface area contributed by atoms with Crippen molar-refractivity contribution in [2.24, 2.45) is 0 Å². The Labute approximate surface area is 228 Å². The molecule has 2 aliphatic heterocycles. The van der Waals surface area contributed by atoms with Gasteiger partial charge in [-0.15, -0.1) is 0 Å². The van der Waals surface area contributed by atoms with Crippen molar-refractivity contribution < 1.29 is 18.8 Å². The van der Waals surface area contributed by atoms with E-state index in [2.05, 4.69) is 32.6 Å². The molecule has 8 nitrogen and oxygen atoms in total. The van der Waals surface area contributed by atoms with E-state index in [4.69, 9.17) is 4.42 Å². The van der Waals surface area contributed by atoms with E-state index in [0.717, 1.165) is 62.1 Å². The maximum atomic E-state index is 13.9. The second kappa shape index (κ2) is 10.6. The molecule has 39 heavy (non-hydrogen) atoms. The topological polar surface area (TPSA) is 94.9 Å². The number of nitrogens with one attached hydrogen (secondary N) is 2. The number of para-hydroxylation sites is 1. The lowest BCUT2D eigenvalue weighted by molar-refractivity contribution is -0.123. The van der Waals surface area contributed by atoms with Crippen molar-refractivity contribution in [2.75, 3.05) is 41.3 Å². The van der Waals surface area contributed by atoms with Crippen LogP contribution in [0.25, 0.3) is 11.0 Å². The number of furan rings is 1. The summed E-state index contributed by atoms with van der Waals surface area (Å²) in [6, 6.07) is 15.1. The highest BCUT2D eigenvalue weighted by Gasteiger charge is 2.41. The summed E-state index contributed by atoms with van der Waals surface area (Å²) in [6.07, 6.45) is 9.63. The lowest BCUT2D eigenvalue weighted by Gasteiger charge is -2.36. The average molecular weight is 527 g/mol. The first kappa shape index (κ1) is 25.2. The number of anilines is 3. The van der Waals surface area contributed by atoms with Crippen LogP contribution < -0.4 is 20.4 Å². The number of fused-ring (bicyclic) bond motifs is 1. The fourth-order valence-electron chi connectivity index (χ4n) is 6.03. The molecule has 1 saturated heterocycles. The number of ketones is 1. The first-order valence-corrected chi connectivity index (χ1v) is 13.9. The molecule has 1 saturated carbocycles. The molecule has 2 fully saturated rings. The van der Waals surface area contributed by atoms with Gasteiger partial charge < -0.3 is 24.9 Å². The number of hydrogen-bond donors (Lipinski definition) is 2. The highest BCUT2D eigenvalue weighted by Crippen LogP contribution is 2.36.